The molecule has 0 radical (unpaired) electrons. The van der Waals surface area contributed by atoms with Gasteiger partial charge in [0.2, 0.25) is 10.0 Å². The molecule has 1 aliphatic carbocycles. The van der Waals surface area contributed by atoms with Crippen LogP contribution in [-0.4, -0.2) is 54.1 Å². The topological polar surface area (TPSA) is 135 Å². The molecule has 0 bridgehead atoms. The molecule has 166 valence electrons. The Morgan fingerprint density at radius 3 is 2.52 bits per heavy atom. The van der Waals surface area contributed by atoms with Gasteiger partial charge in [-0.3, -0.25) is 4.79 Å². The number of aromatic nitrogens is 2. The number of carbonyl (C=O) groups is 1. The number of allylic oxidation sites excluding steroid dienone is 1. The Bertz CT molecular complexity index is 1290. The Morgan fingerprint density at radius 2 is 1.94 bits per heavy atom. The fraction of sp³-hybridized carbons (Fsp3) is 0.368. The molecule has 3 atom stereocenters. The first-order valence-electron chi connectivity index (χ1n) is 9.33. The minimum atomic E-state index is -4.02. The maximum Gasteiger partial charge on any atom is 0.325 e. The molecule has 2 heterocycles. The van der Waals surface area contributed by atoms with Crippen LogP contribution in [0.5, 0.6) is 0 Å². The second kappa shape index (κ2) is 7.19. The molecule has 0 spiro atoms. The van der Waals surface area contributed by atoms with E-state index >= 15 is 0 Å². The van der Waals surface area contributed by atoms with Gasteiger partial charge in [-0.15, -0.1) is 0 Å². The number of thioether (sulfide) groups is 1. The standard InChI is InChI=1S/C19H21N3O6S3/c1-18(13-6-4-3-5-7-13)12-19(18,17(23)24)21-31(27,28)16-9-8-15(29-16)22-11-14(10-20-22)30(2,25)26/h3-8,10-11,16,21H,9,12H2,1-2H3,(H,23,24)/t16?,18-,19-/m1/s1. The summed E-state index contributed by atoms with van der Waals surface area (Å²) in [6.07, 6.45) is 5.51. The van der Waals surface area contributed by atoms with Gasteiger partial charge in [0, 0.05) is 17.9 Å². The number of aliphatic carboxylic acids is 1. The maximum absolute atomic E-state index is 13.1. The predicted molar refractivity (Wildman–Crippen MR) is 116 cm³/mol. The predicted octanol–water partition coefficient (Wildman–Crippen LogP) is 1.65. The molecule has 1 aromatic heterocycles. The van der Waals surface area contributed by atoms with Crippen molar-refractivity contribution in [3.8, 4) is 0 Å². The van der Waals surface area contributed by atoms with Crippen molar-refractivity contribution in [2.75, 3.05) is 6.26 Å². The number of nitrogens with zero attached hydrogens (tertiary/aromatic N) is 2. The molecule has 9 nitrogen and oxygen atoms in total. The SMILES string of the molecule is C[C@]1(c2ccccc2)C[C@@]1(NS(=O)(=O)C1CC=C(n2cc(S(C)(=O)=O)cn2)S1)C(=O)O. The van der Waals surface area contributed by atoms with E-state index in [2.05, 4.69) is 9.82 Å². The summed E-state index contributed by atoms with van der Waals surface area (Å²) in [7, 11) is -7.45. The highest BCUT2D eigenvalue weighted by atomic mass is 32.3. The number of hydrogen-bond donors (Lipinski definition) is 2. The van der Waals surface area contributed by atoms with Crippen LogP contribution in [0.3, 0.4) is 0 Å². The summed E-state index contributed by atoms with van der Waals surface area (Å²) >= 11 is 0.994. The van der Waals surface area contributed by atoms with Crippen molar-refractivity contribution >= 4 is 42.6 Å². The molecule has 0 amide bonds. The molecule has 2 aliphatic rings. The lowest BCUT2D eigenvalue weighted by atomic mass is 9.93. The van der Waals surface area contributed by atoms with Gasteiger partial charge < -0.3 is 5.11 Å². The van der Waals surface area contributed by atoms with Gasteiger partial charge in [-0.25, -0.2) is 21.5 Å². The van der Waals surface area contributed by atoms with Crippen molar-refractivity contribution < 1.29 is 26.7 Å². The van der Waals surface area contributed by atoms with Gasteiger partial charge >= 0.3 is 5.97 Å². The first kappa shape index (κ1) is 22.1. The average Bonchev–Trinajstić information content (AvgIpc) is 3.12. The van der Waals surface area contributed by atoms with E-state index in [-0.39, 0.29) is 17.7 Å². The van der Waals surface area contributed by atoms with Crippen LogP contribution in [0.1, 0.15) is 25.3 Å². The quantitative estimate of drug-likeness (QED) is 0.607. The lowest BCUT2D eigenvalue weighted by Crippen LogP contribution is -2.50. The van der Waals surface area contributed by atoms with Crippen molar-refractivity contribution in [3.05, 3.63) is 54.4 Å². The van der Waals surface area contributed by atoms with Gasteiger partial charge in [-0.2, -0.15) is 9.82 Å². The van der Waals surface area contributed by atoms with Gasteiger partial charge in [-0.05, 0) is 24.5 Å². The summed E-state index contributed by atoms with van der Waals surface area (Å²) in [5.41, 5.74) is -1.73. The molecular formula is C19H21N3O6S3. The molecule has 4 rings (SSSR count). The number of hydrogen-bond acceptors (Lipinski definition) is 7. The highest BCUT2D eigenvalue weighted by Crippen LogP contribution is 2.58. The van der Waals surface area contributed by atoms with E-state index in [0.29, 0.717) is 5.03 Å². The van der Waals surface area contributed by atoms with Gasteiger partial charge in [0.25, 0.3) is 0 Å². The highest BCUT2D eigenvalue weighted by molar-refractivity contribution is 8.18. The summed E-state index contributed by atoms with van der Waals surface area (Å²) in [4.78, 5) is 12.2. The summed E-state index contributed by atoms with van der Waals surface area (Å²) in [5, 5.41) is 14.4. The Kier molecular flexibility index (Phi) is 5.11. The Morgan fingerprint density at radius 1 is 1.26 bits per heavy atom. The summed E-state index contributed by atoms with van der Waals surface area (Å²) in [5.74, 6) is -1.22. The molecule has 12 heteroatoms. The van der Waals surface area contributed by atoms with Crippen LogP contribution < -0.4 is 4.72 Å². The van der Waals surface area contributed by atoms with Gasteiger partial charge in [-0.1, -0.05) is 49.0 Å². The molecule has 31 heavy (non-hydrogen) atoms. The van der Waals surface area contributed by atoms with Gasteiger partial charge in [0.05, 0.1) is 11.2 Å². The molecule has 0 saturated heterocycles. The first-order valence-corrected chi connectivity index (χ1v) is 13.6. The molecule has 2 aromatic rings. The zero-order valence-electron chi connectivity index (χ0n) is 16.7. The third kappa shape index (κ3) is 3.71. The monoisotopic (exact) mass is 483 g/mol. The molecule has 1 saturated carbocycles. The van der Waals surface area contributed by atoms with Crippen molar-refractivity contribution in [1.82, 2.24) is 14.5 Å². The second-order valence-electron chi connectivity index (χ2n) is 7.95. The number of carboxylic acid groups (broad SMARTS) is 1. The highest BCUT2D eigenvalue weighted by Gasteiger charge is 2.72. The number of rotatable bonds is 7. The number of sulfonamides is 1. The average molecular weight is 484 g/mol. The first-order chi connectivity index (χ1) is 14.4. The van der Waals surface area contributed by atoms with E-state index < -0.39 is 41.4 Å². The smallest absolute Gasteiger partial charge is 0.325 e. The third-order valence-electron chi connectivity index (χ3n) is 5.82. The zero-order valence-corrected chi connectivity index (χ0v) is 19.2. The van der Waals surface area contributed by atoms with Crippen molar-refractivity contribution in [2.24, 2.45) is 0 Å². The van der Waals surface area contributed by atoms with Crippen LogP contribution in [0, 0.1) is 0 Å². The maximum atomic E-state index is 13.1. The van der Waals surface area contributed by atoms with E-state index in [9.17, 15) is 26.7 Å². The van der Waals surface area contributed by atoms with E-state index in [1.54, 1.807) is 37.3 Å². The van der Waals surface area contributed by atoms with Crippen LogP contribution in [0.15, 0.2) is 53.7 Å². The molecule has 1 aromatic carbocycles. The summed E-state index contributed by atoms with van der Waals surface area (Å²) < 4.78 is 52.3. The summed E-state index contributed by atoms with van der Waals surface area (Å²) in [6, 6.07) is 8.98. The van der Waals surface area contributed by atoms with Gasteiger partial charge in [0.15, 0.2) is 9.84 Å². The Labute approximate surface area is 184 Å². The van der Waals surface area contributed by atoms with E-state index in [4.69, 9.17) is 0 Å². The third-order valence-corrected chi connectivity index (χ3v) is 10.5. The van der Waals surface area contributed by atoms with Crippen LogP contribution >= 0.6 is 11.8 Å². The number of nitrogens with one attached hydrogen (secondary N) is 1. The Hall–Kier alpha value is -2.15. The zero-order chi connectivity index (χ0) is 22.7. The Balaban J connectivity index is 1.53. The summed E-state index contributed by atoms with van der Waals surface area (Å²) in [6.45, 7) is 1.74. The van der Waals surface area contributed by atoms with Crippen LogP contribution in [-0.2, 0) is 30.1 Å². The largest absolute Gasteiger partial charge is 0.480 e. The molecule has 1 unspecified atom stereocenters. The molecule has 2 N–H and O–H groups in total. The fourth-order valence-electron chi connectivity index (χ4n) is 3.84. The van der Waals surface area contributed by atoms with Crippen LogP contribution in [0.2, 0.25) is 0 Å². The molecule has 1 aliphatic heterocycles. The van der Waals surface area contributed by atoms with E-state index in [0.717, 1.165) is 23.6 Å². The van der Waals surface area contributed by atoms with Crippen LogP contribution in [0.25, 0.3) is 5.03 Å². The lowest BCUT2D eigenvalue weighted by Gasteiger charge is -2.23. The van der Waals surface area contributed by atoms with Crippen LogP contribution in [0.4, 0.5) is 0 Å². The number of benzene rings is 1. The number of sulfone groups is 1. The molecular weight excluding hydrogens is 462 g/mol. The fourth-order valence-corrected chi connectivity index (χ4v) is 7.53. The normalized spacial score (nSPS) is 28.3. The molecule has 1 fully saturated rings. The van der Waals surface area contributed by atoms with E-state index in [1.807, 2.05) is 6.07 Å². The lowest BCUT2D eigenvalue weighted by molar-refractivity contribution is -0.140. The van der Waals surface area contributed by atoms with E-state index in [1.165, 1.54) is 17.1 Å². The van der Waals surface area contributed by atoms with Crippen molar-refractivity contribution in [1.29, 1.82) is 0 Å². The number of carboxylic acids is 1. The second-order valence-corrected chi connectivity index (χ2v) is 13.4. The minimum absolute atomic E-state index is 0.0277. The van der Waals surface area contributed by atoms with Crippen molar-refractivity contribution in [3.63, 3.8) is 0 Å². The van der Waals surface area contributed by atoms with Gasteiger partial charge in [0.1, 0.15) is 15.0 Å². The minimum Gasteiger partial charge on any atom is -0.480 e. The van der Waals surface area contributed by atoms with Crippen molar-refractivity contribution in [2.45, 2.75) is 40.2 Å².